The van der Waals surface area contributed by atoms with E-state index in [1.807, 2.05) is 17.6 Å². The van der Waals surface area contributed by atoms with Crippen molar-refractivity contribution in [1.29, 1.82) is 0 Å². The predicted molar refractivity (Wildman–Crippen MR) is 106 cm³/mol. The highest BCUT2D eigenvalue weighted by molar-refractivity contribution is 5.71. The van der Waals surface area contributed by atoms with Gasteiger partial charge in [-0.3, -0.25) is 24.3 Å². The van der Waals surface area contributed by atoms with Gasteiger partial charge in [0, 0.05) is 24.2 Å². The lowest BCUT2D eigenvalue weighted by Gasteiger charge is -2.28. The number of fused-ring (bicyclic) bond motifs is 2. The first-order chi connectivity index (χ1) is 13.7. The summed E-state index contributed by atoms with van der Waals surface area (Å²) in [6.45, 7) is 3.80. The number of piperidine rings is 1. The van der Waals surface area contributed by atoms with Gasteiger partial charge in [-0.15, -0.1) is 0 Å². The highest BCUT2D eigenvalue weighted by Crippen LogP contribution is 2.32. The molecule has 0 spiro atoms. The standard InChI is InChI=1S/C21H24N6O/c1-13-12-25-17-11-15(14-5-7-22-8-6-14)21(28)27(20(17)26-13)18-4-2-3-16-19(18)24-10-9-23-16/h9-12,14,18,22H,2-8H2,1H3. The van der Waals surface area contributed by atoms with Crippen LogP contribution in [0.4, 0.5) is 0 Å². The minimum atomic E-state index is -0.134. The Labute approximate surface area is 163 Å². The Morgan fingerprint density at radius 1 is 1.11 bits per heavy atom. The van der Waals surface area contributed by atoms with Crippen LogP contribution in [0.15, 0.2) is 29.5 Å². The molecular weight excluding hydrogens is 352 g/mol. The molecular formula is C21H24N6O. The van der Waals surface area contributed by atoms with Gasteiger partial charge < -0.3 is 5.32 Å². The van der Waals surface area contributed by atoms with Crippen molar-refractivity contribution in [2.75, 3.05) is 13.1 Å². The minimum Gasteiger partial charge on any atom is -0.317 e. The Balaban J connectivity index is 1.76. The van der Waals surface area contributed by atoms with Crippen LogP contribution in [0.25, 0.3) is 11.2 Å². The second-order valence-corrected chi connectivity index (χ2v) is 7.82. The molecule has 1 aliphatic carbocycles. The fourth-order valence-corrected chi connectivity index (χ4v) is 4.61. The molecule has 1 fully saturated rings. The Hall–Kier alpha value is -2.67. The Morgan fingerprint density at radius 3 is 2.79 bits per heavy atom. The summed E-state index contributed by atoms with van der Waals surface area (Å²) in [4.78, 5) is 32.2. The van der Waals surface area contributed by atoms with Gasteiger partial charge in [0.25, 0.3) is 5.56 Å². The Bertz CT molecular complexity index is 1090. The van der Waals surface area contributed by atoms with Gasteiger partial charge in [-0.25, -0.2) is 4.98 Å². The smallest absolute Gasteiger partial charge is 0.256 e. The van der Waals surface area contributed by atoms with Crippen LogP contribution in [0, 0.1) is 6.92 Å². The summed E-state index contributed by atoms with van der Waals surface area (Å²) < 4.78 is 1.86. The molecule has 1 N–H and O–H groups in total. The molecule has 28 heavy (non-hydrogen) atoms. The summed E-state index contributed by atoms with van der Waals surface area (Å²) in [5.74, 6) is 0.262. The van der Waals surface area contributed by atoms with Gasteiger partial charge in [0.1, 0.15) is 5.52 Å². The lowest BCUT2D eigenvalue weighted by molar-refractivity contribution is 0.440. The van der Waals surface area contributed by atoms with Crippen LogP contribution in [0.2, 0.25) is 0 Å². The third kappa shape index (κ3) is 2.90. The van der Waals surface area contributed by atoms with Gasteiger partial charge in [0.2, 0.25) is 0 Å². The molecule has 0 bridgehead atoms. The largest absolute Gasteiger partial charge is 0.317 e. The summed E-state index contributed by atoms with van der Waals surface area (Å²) in [6.07, 6.45) is 9.94. The average molecular weight is 376 g/mol. The van der Waals surface area contributed by atoms with Gasteiger partial charge in [0.05, 0.1) is 23.1 Å². The molecule has 7 heteroatoms. The van der Waals surface area contributed by atoms with Crippen molar-refractivity contribution in [3.05, 3.63) is 57.7 Å². The lowest BCUT2D eigenvalue weighted by Crippen LogP contribution is -2.35. The molecule has 5 rings (SSSR count). The first kappa shape index (κ1) is 17.4. The van der Waals surface area contributed by atoms with Gasteiger partial charge in [-0.2, -0.15) is 0 Å². The van der Waals surface area contributed by atoms with Crippen molar-refractivity contribution in [2.45, 2.75) is 51.0 Å². The van der Waals surface area contributed by atoms with E-state index in [0.717, 1.165) is 73.4 Å². The van der Waals surface area contributed by atoms with Crippen molar-refractivity contribution in [2.24, 2.45) is 0 Å². The van der Waals surface area contributed by atoms with Gasteiger partial charge in [-0.1, -0.05) is 0 Å². The van der Waals surface area contributed by atoms with Crippen LogP contribution < -0.4 is 10.9 Å². The molecule has 3 aromatic rings. The second kappa shape index (κ2) is 7.05. The van der Waals surface area contributed by atoms with Crippen LogP contribution in [-0.2, 0) is 6.42 Å². The van der Waals surface area contributed by atoms with Crippen LogP contribution in [0.5, 0.6) is 0 Å². The van der Waals surface area contributed by atoms with E-state index in [-0.39, 0.29) is 17.5 Å². The fraction of sp³-hybridized carbons (Fsp3) is 0.476. The second-order valence-electron chi connectivity index (χ2n) is 7.82. The molecule has 0 saturated carbocycles. The van der Waals surface area contributed by atoms with Crippen molar-refractivity contribution < 1.29 is 0 Å². The predicted octanol–water partition coefficient (Wildman–Crippen LogP) is 2.28. The molecule has 144 valence electrons. The summed E-state index contributed by atoms with van der Waals surface area (Å²) in [6, 6.07) is 1.84. The number of aryl methyl sites for hydroxylation is 2. The van der Waals surface area contributed by atoms with Gasteiger partial charge >= 0.3 is 0 Å². The van der Waals surface area contributed by atoms with Gasteiger partial charge in [-0.05, 0) is 64.1 Å². The van der Waals surface area contributed by atoms with E-state index in [2.05, 4.69) is 20.3 Å². The van der Waals surface area contributed by atoms with Crippen molar-refractivity contribution in [3.63, 3.8) is 0 Å². The van der Waals surface area contributed by atoms with E-state index in [1.54, 1.807) is 18.6 Å². The van der Waals surface area contributed by atoms with Crippen molar-refractivity contribution in [1.82, 2.24) is 29.8 Å². The van der Waals surface area contributed by atoms with E-state index in [0.29, 0.717) is 5.65 Å². The third-order valence-corrected chi connectivity index (χ3v) is 5.99. The number of rotatable bonds is 2. The zero-order valence-corrected chi connectivity index (χ0v) is 16.1. The summed E-state index contributed by atoms with van der Waals surface area (Å²) >= 11 is 0. The zero-order chi connectivity index (χ0) is 19.1. The molecule has 7 nitrogen and oxygen atoms in total. The normalized spacial score (nSPS) is 20.2. The number of nitrogens with zero attached hydrogens (tertiary/aromatic N) is 5. The van der Waals surface area contributed by atoms with Gasteiger partial charge in [0.15, 0.2) is 5.65 Å². The topological polar surface area (TPSA) is 85.6 Å². The van der Waals surface area contributed by atoms with Crippen LogP contribution >= 0.6 is 0 Å². The molecule has 1 aliphatic heterocycles. The summed E-state index contributed by atoms with van der Waals surface area (Å²) in [7, 11) is 0. The van der Waals surface area contributed by atoms with E-state index >= 15 is 0 Å². The number of hydrogen-bond acceptors (Lipinski definition) is 6. The fourth-order valence-electron chi connectivity index (χ4n) is 4.61. The van der Waals surface area contributed by atoms with E-state index in [4.69, 9.17) is 4.98 Å². The first-order valence-electron chi connectivity index (χ1n) is 10.1. The maximum atomic E-state index is 13.7. The lowest BCUT2D eigenvalue weighted by atomic mass is 9.90. The van der Waals surface area contributed by atoms with Crippen molar-refractivity contribution >= 4 is 11.2 Å². The van der Waals surface area contributed by atoms with E-state index < -0.39 is 0 Å². The van der Waals surface area contributed by atoms with Crippen LogP contribution in [0.3, 0.4) is 0 Å². The Morgan fingerprint density at radius 2 is 1.93 bits per heavy atom. The molecule has 0 radical (unpaired) electrons. The van der Waals surface area contributed by atoms with E-state index in [1.165, 1.54) is 0 Å². The highest BCUT2D eigenvalue weighted by atomic mass is 16.1. The number of nitrogens with one attached hydrogen (secondary N) is 1. The van der Waals surface area contributed by atoms with Crippen LogP contribution in [0.1, 0.15) is 60.3 Å². The maximum absolute atomic E-state index is 13.7. The molecule has 1 saturated heterocycles. The van der Waals surface area contributed by atoms with Crippen LogP contribution in [-0.4, -0.2) is 37.6 Å². The quantitative estimate of drug-likeness (QED) is 0.739. The number of pyridine rings is 1. The van der Waals surface area contributed by atoms with E-state index in [9.17, 15) is 4.79 Å². The third-order valence-electron chi connectivity index (χ3n) is 5.99. The molecule has 4 heterocycles. The van der Waals surface area contributed by atoms with Crippen molar-refractivity contribution in [3.8, 4) is 0 Å². The number of aromatic nitrogens is 5. The SMILES string of the molecule is Cc1cnc2cc(C3CCNCC3)c(=O)n(C3CCCc4nccnc43)c2n1. The molecule has 1 atom stereocenters. The molecule has 0 amide bonds. The highest BCUT2D eigenvalue weighted by Gasteiger charge is 2.29. The maximum Gasteiger partial charge on any atom is 0.256 e. The molecule has 2 aliphatic rings. The Kier molecular flexibility index (Phi) is 4.39. The molecule has 0 aromatic carbocycles. The monoisotopic (exact) mass is 376 g/mol. The summed E-state index contributed by atoms with van der Waals surface area (Å²) in [5.41, 5.74) is 5.08. The molecule has 3 aromatic heterocycles. The number of hydrogen-bond donors (Lipinski definition) is 1. The average Bonchev–Trinajstić information content (AvgIpc) is 2.74. The minimum absolute atomic E-state index is 0.0582. The zero-order valence-electron chi connectivity index (χ0n) is 16.1. The molecule has 1 unspecified atom stereocenters. The first-order valence-corrected chi connectivity index (χ1v) is 10.1. The summed E-state index contributed by atoms with van der Waals surface area (Å²) in [5, 5.41) is 3.38.